The lowest BCUT2D eigenvalue weighted by atomic mass is 9.74. The first-order valence-corrected chi connectivity index (χ1v) is 7.68. The van der Waals surface area contributed by atoms with Crippen LogP contribution in [0.5, 0.6) is 0 Å². The quantitative estimate of drug-likeness (QED) is 0.815. The Morgan fingerprint density at radius 1 is 1.24 bits per heavy atom. The third-order valence-corrected chi connectivity index (χ3v) is 5.28. The van der Waals surface area contributed by atoms with Gasteiger partial charge in [-0.25, -0.2) is 0 Å². The van der Waals surface area contributed by atoms with Gasteiger partial charge in [-0.05, 0) is 57.9 Å². The lowest BCUT2D eigenvalue weighted by Crippen LogP contribution is -2.56. The van der Waals surface area contributed by atoms with Crippen LogP contribution in [0, 0.1) is 5.92 Å². The van der Waals surface area contributed by atoms with Crippen molar-refractivity contribution in [3.8, 4) is 0 Å². The van der Waals surface area contributed by atoms with Crippen molar-refractivity contribution in [2.75, 3.05) is 13.1 Å². The van der Waals surface area contributed by atoms with E-state index in [2.05, 4.69) is 18.7 Å². The predicted molar refractivity (Wildman–Crippen MR) is 74.1 cm³/mol. The average Bonchev–Trinajstić information content (AvgIpc) is 2.78. The minimum atomic E-state index is 0.361. The Morgan fingerprint density at radius 2 is 1.94 bits per heavy atom. The third-order valence-electron chi connectivity index (χ3n) is 5.28. The Labute approximate surface area is 107 Å². The van der Waals surface area contributed by atoms with Crippen molar-refractivity contribution in [1.29, 1.82) is 0 Å². The molecule has 2 aliphatic rings. The van der Waals surface area contributed by atoms with E-state index in [4.69, 9.17) is 5.73 Å². The van der Waals surface area contributed by atoms with Crippen molar-refractivity contribution in [1.82, 2.24) is 4.90 Å². The van der Waals surface area contributed by atoms with Crippen molar-refractivity contribution in [3.63, 3.8) is 0 Å². The summed E-state index contributed by atoms with van der Waals surface area (Å²) in [7, 11) is 0. The molecular weight excluding hydrogens is 208 g/mol. The molecule has 1 atom stereocenters. The highest BCUT2D eigenvalue weighted by atomic mass is 15.2. The van der Waals surface area contributed by atoms with E-state index in [9.17, 15) is 0 Å². The van der Waals surface area contributed by atoms with Crippen LogP contribution in [0.25, 0.3) is 0 Å². The number of hydrogen-bond donors (Lipinski definition) is 1. The number of nitrogens with two attached hydrogens (primary N) is 1. The Bertz CT molecular complexity index is 231. The summed E-state index contributed by atoms with van der Waals surface area (Å²) in [4.78, 5) is 2.75. The Kier molecular flexibility index (Phi) is 4.48. The van der Waals surface area contributed by atoms with E-state index in [0.717, 1.165) is 18.5 Å². The highest BCUT2D eigenvalue weighted by Crippen LogP contribution is 2.40. The zero-order chi connectivity index (χ0) is 12.3. The molecule has 2 rings (SSSR count). The number of rotatable bonds is 4. The van der Waals surface area contributed by atoms with Crippen LogP contribution in [0.3, 0.4) is 0 Å². The van der Waals surface area contributed by atoms with Gasteiger partial charge in [0, 0.05) is 18.1 Å². The predicted octanol–water partition coefficient (Wildman–Crippen LogP) is 3.16. The summed E-state index contributed by atoms with van der Waals surface area (Å²) in [6.07, 6.45) is 11.0. The van der Waals surface area contributed by atoms with Gasteiger partial charge in [-0.1, -0.05) is 19.8 Å². The van der Waals surface area contributed by atoms with Crippen molar-refractivity contribution in [2.24, 2.45) is 11.7 Å². The molecule has 17 heavy (non-hydrogen) atoms. The molecule has 2 heteroatoms. The van der Waals surface area contributed by atoms with Gasteiger partial charge in [-0.2, -0.15) is 0 Å². The van der Waals surface area contributed by atoms with Gasteiger partial charge >= 0.3 is 0 Å². The minimum absolute atomic E-state index is 0.361. The molecule has 1 saturated heterocycles. The zero-order valence-corrected chi connectivity index (χ0v) is 11.8. The van der Waals surface area contributed by atoms with Gasteiger partial charge in [0.25, 0.3) is 0 Å². The second-order valence-electron chi connectivity index (χ2n) is 6.35. The first kappa shape index (κ1) is 13.4. The van der Waals surface area contributed by atoms with Crippen LogP contribution in [0.4, 0.5) is 0 Å². The maximum Gasteiger partial charge on any atom is 0.0334 e. The fraction of sp³-hybridized carbons (Fsp3) is 1.00. The first-order valence-electron chi connectivity index (χ1n) is 7.68. The van der Waals surface area contributed by atoms with Gasteiger partial charge in [0.05, 0.1) is 0 Å². The smallest absolute Gasteiger partial charge is 0.0334 e. The summed E-state index contributed by atoms with van der Waals surface area (Å²) in [6, 6.07) is 0.765. The fourth-order valence-corrected chi connectivity index (χ4v) is 4.16. The first-order chi connectivity index (χ1) is 8.22. The molecule has 0 bridgehead atoms. The van der Waals surface area contributed by atoms with Gasteiger partial charge < -0.3 is 5.73 Å². The summed E-state index contributed by atoms with van der Waals surface area (Å²) in [5.74, 6) is 0.984. The number of likely N-dealkylation sites (tertiary alicyclic amines) is 1. The van der Waals surface area contributed by atoms with E-state index in [1.807, 2.05) is 0 Å². The Hall–Kier alpha value is -0.0800. The molecule has 0 aromatic heterocycles. The lowest BCUT2D eigenvalue weighted by molar-refractivity contribution is 0.0356. The molecule has 1 aliphatic heterocycles. The molecule has 1 unspecified atom stereocenters. The van der Waals surface area contributed by atoms with Gasteiger partial charge in [0.2, 0.25) is 0 Å². The normalized spacial score (nSPS) is 39.7. The average molecular weight is 238 g/mol. The molecular formula is C15H30N2. The molecule has 1 saturated carbocycles. The van der Waals surface area contributed by atoms with E-state index in [1.54, 1.807) is 0 Å². The molecule has 1 heterocycles. The van der Waals surface area contributed by atoms with Crippen LogP contribution in [0.1, 0.15) is 65.2 Å². The van der Waals surface area contributed by atoms with Crippen molar-refractivity contribution in [3.05, 3.63) is 0 Å². The number of hydrogen-bond acceptors (Lipinski definition) is 2. The summed E-state index contributed by atoms with van der Waals surface area (Å²) >= 11 is 0. The maximum atomic E-state index is 6.16. The van der Waals surface area contributed by atoms with Crippen LogP contribution in [-0.4, -0.2) is 29.6 Å². The van der Waals surface area contributed by atoms with E-state index in [-0.39, 0.29) is 0 Å². The summed E-state index contributed by atoms with van der Waals surface area (Å²) in [5, 5.41) is 0. The van der Waals surface area contributed by atoms with E-state index in [1.165, 1.54) is 57.9 Å². The van der Waals surface area contributed by atoms with Gasteiger partial charge in [-0.3, -0.25) is 4.90 Å². The topological polar surface area (TPSA) is 29.3 Å². The summed E-state index contributed by atoms with van der Waals surface area (Å²) in [6.45, 7) is 6.86. The second kappa shape index (κ2) is 5.71. The van der Waals surface area contributed by atoms with Gasteiger partial charge in [0.1, 0.15) is 0 Å². The summed E-state index contributed by atoms with van der Waals surface area (Å²) < 4.78 is 0. The molecule has 2 nitrogen and oxygen atoms in total. The molecule has 0 aromatic rings. The second-order valence-corrected chi connectivity index (χ2v) is 6.35. The van der Waals surface area contributed by atoms with E-state index >= 15 is 0 Å². The monoisotopic (exact) mass is 238 g/mol. The fourth-order valence-electron chi connectivity index (χ4n) is 4.16. The molecule has 0 aromatic carbocycles. The van der Waals surface area contributed by atoms with E-state index < -0.39 is 0 Å². The standard InChI is InChI=1S/C15H30N2/c1-3-5-14-7-9-15(12-16,10-8-14)17-11-4-6-13(17)2/h13-14H,3-12,16H2,1-2H3. The van der Waals surface area contributed by atoms with Crippen LogP contribution in [0.15, 0.2) is 0 Å². The SMILES string of the molecule is CCCC1CCC(CN)(N2CCCC2C)CC1. The van der Waals surface area contributed by atoms with Crippen molar-refractivity contribution in [2.45, 2.75) is 76.8 Å². The Morgan fingerprint density at radius 3 is 2.41 bits per heavy atom. The molecule has 1 aliphatic carbocycles. The highest BCUT2D eigenvalue weighted by Gasteiger charge is 2.42. The molecule has 0 amide bonds. The van der Waals surface area contributed by atoms with Crippen LogP contribution in [0.2, 0.25) is 0 Å². The highest BCUT2D eigenvalue weighted by molar-refractivity contribution is 4.99. The summed E-state index contributed by atoms with van der Waals surface area (Å²) in [5.41, 5.74) is 6.52. The van der Waals surface area contributed by atoms with Crippen molar-refractivity contribution < 1.29 is 0 Å². The zero-order valence-electron chi connectivity index (χ0n) is 11.8. The van der Waals surface area contributed by atoms with Crippen LogP contribution in [-0.2, 0) is 0 Å². The molecule has 2 fully saturated rings. The third kappa shape index (κ3) is 2.68. The minimum Gasteiger partial charge on any atom is -0.329 e. The molecule has 0 spiro atoms. The van der Waals surface area contributed by atoms with Crippen molar-refractivity contribution >= 4 is 0 Å². The van der Waals surface area contributed by atoms with E-state index in [0.29, 0.717) is 5.54 Å². The molecule has 0 radical (unpaired) electrons. The maximum absolute atomic E-state index is 6.16. The lowest BCUT2D eigenvalue weighted by Gasteiger charge is -2.48. The Balaban J connectivity index is 1.97. The van der Waals surface area contributed by atoms with Crippen LogP contribution >= 0.6 is 0 Å². The molecule has 100 valence electrons. The van der Waals surface area contributed by atoms with Crippen LogP contribution < -0.4 is 5.73 Å². The van der Waals surface area contributed by atoms with Gasteiger partial charge in [-0.15, -0.1) is 0 Å². The molecule has 2 N–H and O–H groups in total. The number of nitrogens with zero attached hydrogens (tertiary/aromatic N) is 1. The largest absolute Gasteiger partial charge is 0.329 e. The van der Waals surface area contributed by atoms with Gasteiger partial charge in [0.15, 0.2) is 0 Å².